The highest BCUT2D eigenvalue weighted by Gasteiger charge is 2.12. The van der Waals surface area contributed by atoms with Crippen molar-refractivity contribution in [2.75, 3.05) is 12.4 Å². The van der Waals surface area contributed by atoms with Crippen molar-refractivity contribution in [3.63, 3.8) is 0 Å². The van der Waals surface area contributed by atoms with Crippen LogP contribution in [0.5, 0.6) is 5.75 Å². The lowest BCUT2D eigenvalue weighted by molar-refractivity contribution is 0.412. The van der Waals surface area contributed by atoms with E-state index in [1.807, 2.05) is 41.0 Å². The van der Waals surface area contributed by atoms with Crippen LogP contribution in [0.4, 0.5) is 5.69 Å². The fourth-order valence-corrected chi connectivity index (χ4v) is 2.70. The summed E-state index contributed by atoms with van der Waals surface area (Å²) < 4.78 is 7.85. The summed E-state index contributed by atoms with van der Waals surface area (Å²) in [7, 11) is 1.65. The van der Waals surface area contributed by atoms with Gasteiger partial charge in [-0.2, -0.15) is 5.10 Å². The van der Waals surface area contributed by atoms with Gasteiger partial charge in [0.1, 0.15) is 5.75 Å². The monoisotopic (exact) mass is 326 g/mol. The summed E-state index contributed by atoms with van der Waals surface area (Å²) in [6.45, 7) is 2.62. The van der Waals surface area contributed by atoms with Gasteiger partial charge < -0.3 is 10.1 Å². The Balaban J connectivity index is 1.92. The number of nitrogens with zero attached hydrogens (tertiary/aromatic N) is 2. The number of rotatable bonds is 5. The highest BCUT2D eigenvalue weighted by molar-refractivity contribution is 7.71. The van der Waals surface area contributed by atoms with Crippen molar-refractivity contribution in [1.82, 2.24) is 14.8 Å². The predicted octanol–water partition coefficient (Wildman–Crippen LogP) is 3.86. The van der Waals surface area contributed by atoms with Crippen LogP contribution < -0.4 is 10.1 Å². The molecule has 0 unspecified atom stereocenters. The maximum Gasteiger partial charge on any atom is 0.200 e. The second-order valence-corrected chi connectivity index (χ2v) is 5.56. The normalized spacial score (nSPS) is 10.5. The molecular weight excluding hydrogens is 308 g/mol. The van der Waals surface area contributed by atoms with E-state index < -0.39 is 0 Å². The fraction of sp³-hybridized carbons (Fsp3) is 0.176. The third-order valence-electron chi connectivity index (χ3n) is 3.54. The van der Waals surface area contributed by atoms with Gasteiger partial charge in [0.2, 0.25) is 0 Å². The molecule has 0 bridgehead atoms. The van der Waals surface area contributed by atoms with E-state index in [4.69, 9.17) is 17.0 Å². The lowest BCUT2D eigenvalue weighted by Gasteiger charge is -2.12. The second-order valence-electron chi connectivity index (χ2n) is 5.18. The van der Waals surface area contributed by atoms with Crippen LogP contribution in [0, 0.1) is 11.7 Å². The number of aromatic amines is 1. The molecule has 23 heavy (non-hydrogen) atoms. The summed E-state index contributed by atoms with van der Waals surface area (Å²) in [6, 6.07) is 15.9. The summed E-state index contributed by atoms with van der Waals surface area (Å²) in [5.41, 5.74) is 3.12. The van der Waals surface area contributed by atoms with Gasteiger partial charge in [-0.25, -0.2) is 0 Å². The molecule has 0 aliphatic rings. The first-order valence-corrected chi connectivity index (χ1v) is 7.70. The summed E-state index contributed by atoms with van der Waals surface area (Å²) in [5.74, 6) is 1.54. The first kappa shape index (κ1) is 15.3. The van der Waals surface area contributed by atoms with Crippen LogP contribution in [0.3, 0.4) is 0 Å². The molecule has 0 saturated carbocycles. The molecule has 2 aromatic carbocycles. The molecule has 1 aromatic heterocycles. The Morgan fingerprint density at radius 3 is 2.83 bits per heavy atom. The Morgan fingerprint density at radius 1 is 1.22 bits per heavy atom. The quantitative estimate of drug-likeness (QED) is 0.699. The first-order valence-electron chi connectivity index (χ1n) is 7.29. The lowest BCUT2D eigenvalue weighted by Crippen LogP contribution is -2.08. The Kier molecular flexibility index (Phi) is 4.43. The summed E-state index contributed by atoms with van der Waals surface area (Å²) in [4.78, 5) is 0. The van der Waals surface area contributed by atoms with E-state index >= 15 is 0 Å². The molecule has 0 fully saturated rings. The Labute approximate surface area is 139 Å². The molecule has 0 aliphatic heterocycles. The van der Waals surface area contributed by atoms with Gasteiger partial charge in [0.25, 0.3) is 0 Å². The minimum absolute atomic E-state index is 0.538. The molecule has 3 rings (SSSR count). The average molecular weight is 326 g/mol. The topological polar surface area (TPSA) is 54.9 Å². The number of aryl methyl sites for hydroxylation is 1. The highest BCUT2D eigenvalue weighted by atomic mass is 32.1. The molecule has 0 atom stereocenters. The number of aromatic nitrogens is 3. The van der Waals surface area contributed by atoms with Crippen LogP contribution in [-0.2, 0) is 6.54 Å². The number of H-pyrrole nitrogens is 1. The largest absolute Gasteiger partial charge is 0.495 e. The molecule has 3 aromatic rings. The van der Waals surface area contributed by atoms with Gasteiger partial charge in [0, 0.05) is 5.69 Å². The van der Waals surface area contributed by atoms with Crippen LogP contribution in [0.2, 0.25) is 0 Å². The smallest absolute Gasteiger partial charge is 0.200 e. The summed E-state index contributed by atoms with van der Waals surface area (Å²) in [5, 5.41) is 10.6. The van der Waals surface area contributed by atoms with E-state index in [0.29, 0.717) is 11.3 Å². The van der Waals surface area contributed by atoms with Gasteiger partial charge in [0.15, 0.2) is 10.6 Å². The van der Waals surface area contributed by atoms with Crippen molar-refractivity contribution in [2.24, 2.45) is 0 Å². The van der Waals surface area contributed by atoms with Crippen LogP contribution in [0.1, 0.15) is 11.4 Å². The molecule has 0 saturated heterocycles. The lowest BCUT2D eigenvalue weighted by atomic mass is 10.2. The van der Waals surface area contributed by atoms with Crippen molar-refractivity contribution >= 4 is 17.9 Å². The van der Waals surface area contributed by atoms with Gasteiger partial charge in [0.05, 0.1) is 19.3 Å². The predicted molar refractivity (Wildman–Crippen MR) is 93.8 cm³/mol. The van der Waals surface area contributed by atoms with Crippen molar-refractivity contribution in [3.05, 3.63) is 64.7 Å². The summed E-state index contributed by atoms with van der Waals surface area (Å²) in [6.07, 6.45) is 0. The Morgan fingerprint density at radius 2 is 2.04 bits per heavy atom. The van der Waals surface area contributed by atoms with Crippen molar-refractivity contribution in [3.8, 4) is 11.4 Å². The Bertz CT molecular complexity index is 869. The third-order valence-corrected chi connectivity index (χ3v) is 3.81. The van der Waals surface area contributed by atoms with Gasteiger partial charge >= 0.3 is 0 Å². The SMILES string of the molecule is COc1ccccc1-n1c(CNc2cccc(C)c2)n[nH]c1=S. The number of nitrogens with one attached hydrogen (secondary N) is 2. The molecular formula is C17H18N4OS. The van der Waals surface area contributed by atoms with Crippen LogP contribution >= 0.6 is 12.2 Å². The van der Waals surface area contributed by atoms with E-state index in [2.05, 4.69) is 34.6 Å². The standard InChI is InChI=1S/C17H18N4OS/c1-12-6-5-7-13(10-12)18-11-16-19-20-17(23)21(16)14-8-3-4-9-15(14)22-2/h3-10,18H,11H2,1-2H3,(H,20,23). The number of ether oxygens (including phenoxy) is 1. The second kappa shape index (κ2) is 6.66. The van der Waals surface area contributed by atoms with Crippen molar-refractivity contribution < 1.29 is 4.74 Å². The molecule has 118 valence electrons. The van der Waals surface area contributed by atoms with Crippen LogP contribution in [-0.4, -0.2) is 21.9 Å². The van der Waals surface area contributed by atoms with E-state index in [1.165, 1.54) is 5.56 Å². The molecule has 0 amide bonds. The number of anilines is 1. The van der Waals surface area contributed by atoms with Crippen LogP contribution in [0.15, 0.2) is 48.5 Å². The van der Waals surface area contributed by atoms with Gasteiger partial charge in [-0.1, -0.05) is 24.3 Å². The maximum absolute atomic E-state index is 5.43. The molecule has 5 nitrogen and oxygen atoms in total. The molecule has 0 radical (unpaired) electrons. The van der Waals surface area contributed by atoms with E-state index in [-0.39, 0.29) is 0 Å². The molecule has 0 aliphatic carbocycles. The zero-order chi connectivity index (χ0) is 16.2. The van der Waals surface area contributed by atoms with Gasteiger partial charge in [-0.3, -0.25) is 9.67 Å². The number of benzene rings is 2. The maximum atomic E-state index is 5.43. The summed E-state index contributed by atoms with van der Waals surface area (Å²) >= 11 is 5.38. The third kappa shape index (κ3) is 3.27. The molecule has 2 N–H and O–H groups in total. The zero-order valence-electron chi connectivity index (χ0n) is 13.0. The van der Waals surface area contributed by atoms with E-state index in [1.54, 1.807) is 7.11 Å². The first-order chi connectivity index (χ1) is 11.2. The van der Waals surface area contributed by atoms with Crippen molar-refractivity contribution in [2.45, 2.75) is 13.5 Å². The number of para-hydroxylation sites is 2. The minimum Gasteiger partial charge on any atom is -0.495 e. The number of methoxy groups -OCH3 is 1. The highest BCUT2D eigenvalue weighted by Crippen LogP contribution is 2.23. The molecule has 6 heteroatoms. The zero-order valence-corrected chi connectivity index (χ0v) is 13.9. The minimum atomic E-state index is 0.538. The van der Waals surface area contributed by atoms with Crippen molar-refractivity contribution in [1.29, 1.82) is 0 Å². The average Bonchev–Trinajstić information content (AvgIpc) is 2.93. The van der Waals surface area contributed by atoms with E-state index in [9.17, 15) is 0 Å². The van der Waals surface area contributed by atoms with E-state index in [0.717, 1.165) is 22.9 Å². The van der Waals surface area contributed by atoms with Gasteiger partial charge in [-0.15, -0.1) is 0 Å². The molecule has 1 heterocycles. The Hall–Kier alpha value is -2.60. The van der Waals surface area contributed by atoms with Gasteiger partial charge in [-0.05, 0) is 49.0 Å². The number of hydrogen-bond donors (Lipinski definition) is 2. The molecule has 0 spiro atoms. The fourth-order valence-electron chi connectivity index (χ4n) is 2.45. The number of hydrogen-bond acceptors (Lipinski definition) is 4. The van der Waals surface area contributed by atoms with Crippen LogP contribution in [0.25, 0.3) is 5.69 Å².